The molecule has 0 spiro atoms. The lowest BCUT2D eigenvalue weighted by molar-refractivity contribution is -0.402. The van der Waals surface area contributed by atoms with Crippen LogP contribution in [0.3, 0.4) is 0 Å². The van der Waals surface area contributed by atoms with E-state index in [4.69, 9.17) is 20.7 Å². The summed E-state index contributed by atoms with van der Waals surface area (Å²) in [6, 6.07) is -1.99. The molecular formula is C9H13N5O9. The maximum atomic E-state index is 11.4. The molecule has 0 fully saturated rings. The lowest BCUT2D eigenvalue weighted by Gasteiger charge is -2.04. The summed E-state index contributed by atoms with van der Waals surface area (Å²) in [6.45, 7) is 3.03. The number of nitrogens with one attached hydrogen (secondary N) is 2. The van der Waals surface area contributed by atoms with E-state index < -0.39 is 35.1 Å². The molecule has 4 amide bonds. The molecule has 14 heteroatoms. The van der Waals surface area contributed by atoms with Crippen LogP contribution in [0.5, 0.6) is 0 Å². The number of carbonyl (C=O) groups is 4. The van der Waals surface area contributed by atoms with Crippen LogP contribution in [0.1, 0.15) is 13.8 Å². The van der Waals surface area contributed by atoms with Gasteiger partial charge in [0.1, 0.15) is 4.98 Å². The van der Waals surface area contributed by atoms with Crippen LogP contribution in [0.25, 0.3) is 4.98 Å². The second kappa shape index (κ2) is 12.3. The summed E-state index contributed by atoms with van der Waals surface area (Å²) in [5.74, 6) is -2.49. The molecule has 0 heterocycles. The maximum absolute atomic E-state index is 11.4. The van der Waals surface area contributed by atoms with Crippen LogP contribution in [0.15, 0.2) is 0 Å². The summed E-state index contributed by atoms with van der Waals surface area (Å²) < 4.78 is 8.78. The second-order valence-corrected chi connectivity index (χ2v) is 3.16. The van der Waals surface area contributed by atoms with Crippen molar-refractivity contribution in [3.8, 4) is 0 Å². The number of carbonyl (C=O) groups excluding carboxylic acids is 4. The van der Waals surface area contributed by atoms with Gasteiger partial charge in [-0.3, -0.25) is 20.2 Å². The van der Waals surface area contributed by atoms with Crippen LogP contribution >= 0.6 is 0 Å². The van der Waals surface area contributed by atoms with E-state index in [1.165, 1.54) is 13.8 Å². The van der Waals surface area contributed by atoms with E-state index >= 15 is 0 Å². The summed E-state index contributed by atoms with van der Waals surface area (Å²) in [4.78, 5) is 55.3. The Hall–Kier alpha value is -3.50. The Bertz CT molecular complexity index is 464. The number of rotatable bonds is 4. The molecule has 0 radical (unpaired) electrons. The summed E-state index contributed by atoms with van der Waals surface area (Å²) in [7, 11) is 0. The molecule has 0 saturated carbocycles. The highest BCUT2D eigenvalue weighted by atomic mass is 16.9. The molecule has 0 rings (SSSR count). The van der Waals surface area contributed by atoms with Gasteiger partial charge in [0.15, 0.2) is 0 Å². The normalized spacial score (nSPS) is 8.61. The minimum atomic E-state index is -1.99. The van der Waals surface area contributed by atoms with Gasteiger partial charge in [0, 0.05) is 0 Å². The van der Waals surface area contributed by atoms with Crippen molar-refractivity contribution in [2.45, 2.75) is 19.9 Å². The fourth-order valence-electron chi connectivity index (χ4n) is 0.896. The Morgan fingerprint density at radius 1 is 1.04 bits per heavy atom. The number of amides is 4. The van der Waals surface area contributed by atoms with Crippen molar-refractivity contribution in [3.63, 3.8) is 0 Å². The van der Waals surface area contributed by atoms with Crippen molar-refractivity contribution in [1.29, 1.82) is 5.39 Å². The SMILES string of the molecule is CCOC(=O)NC(=O)C([N+]#N)C(=O)NC(=O)OCC.O=[N+]([O-])[O-]. The quantitative estimate of drug-likeness (QED) is 0.292. The van der Waals surface area contributed by atoms with Gasteiger partial charge in [-0.05, 0) is 13.8 Å². The van der Waals surface area contributed by atoms with E-state index in [9.17, 15) is 19.2 Å². The highest BCUT2D eigenvalue weighted by molar-refractivity contribution is 6.13. The van der Waals surface area contributed by atoms with Crippen LogP contribution in [0, 0.1) is 20.7 Å². The third kappa shape index (κ3) is 12.0. The Labute approximate surface area is 128 Å². The molecule has 23 heavy (non-hydrogen) atoms. The summed E-state index contributed by atoms with van der Waals surface area (Å²) in [6.07, 6.45) is -2.21. The van der Waals surface area contributed by atoms with Crippen molar-refractivity contribution in [3.05, 3.63) is 20.3 Å². The highest BCUT2D eigenvalue weighted by Gasteiger charge is 2.41. The Morgan fingerprint density at radius 2 is 1.35 bits per heavy atom. The van der Waals surface area contributed by atoms with Gasteiger partial charge in [-0.15, -0.1) is 0 Å². The summed E-state index contributed by atoms with van der Waals surface area (Å²) in [5, 5.41) is 26.6. The minimum absolute atomic E-state index is 0.00900. The molecule has 0 bridgehead atoms. The van der Waals surface area contributed by atoms with Crippen molar-refractivity contribution < 1.29 is 33.7 Å². The Morgan fingerprint density at radius 3 is 1.57 bits per heavy atom. The minimum Gasteiger partial charge on any atom is -0.450 e. The summed E-state index contributed by atoms with van der Waals surface area (Å²) >= 11 is 0. The van der Waals surface area contributed by atoms with Crippen LogP contribution in [-0.4, -0.2) is 48.3 Å². The maximum Gasteiger partial charge on any atom is 0.467 e. The number of imide groups is 2. The first-order valence-corrected chi connectivity index (χ1v) is 5.80. The molecule has 0 saturated heterocycles. The van der Waals surface area contributed by atoms with E-state index in [2.05, 4.69) is 14.4 Å². The fourth-order valence-corrected chi connectivity index (χ4v) is 0.896. The highest BCUT2D eigenvalue weighted by Crippen LogP contribution is 1.93. The van der Waals surface area contributed by atoms with Gasteiger partial charge in [-0.2, -0.15) is 0 Å². The zero-order valence-corrected chi connectivity index (χ0v) is 12.0. The topological polar surface area (TPSA) is 205 Å². The molecular weight excluding hydrogens is 322 g/mol. The second-order valence-electron chi connectivity index (χ2n) is 3.16. The van der Waals surface area contributed by atoms with Gasteiger partial charge in [0.2, 0.25) is 5.39 Å². The van der Waals surface area contributed by atoms with E-state index in [1.54, 1.807) is 10.6 Å². The van der Waals surface area contributed by atoms with Gasteiger partial charge < -0.3 is 24.8 Å². The van der Waals surface area contributed by atoms with Crippen LogP contribution < -0.4 is 10.6 Å². The van der Waals surface area contributed by atoms with Gasteiger partial charge in [0.05, 0.1) is 18.3 Å². The average molecular weight is 335 g/mol. The van der Waals surface area contributed by atoms with E-state index in [0.717, 1.165) is 0 Å². The van der Waals surface area contributed by atoms with E-state index in [1.807, 2.05) is 0 Å². The van der Waals surface area contributed by atoms with Crippen molar-refractivity contribution in [2.75, 3.05) is 13.2 Å². The number of hydrogen-bond donors (Lipinski definition) is 2. The monoisotopic (exact) mass is 335 g/mol. The standard InChI is InChI=1S/C9H12N4O6.NO3/c1-3-18-8(16)11-6(14)5(13-10)7(15)12-9(17)19-4-2;2-1(3)4/h5H,3-4H2,1-2H3,(H-,11,12,14,15,16,17);/q;-1/p+1. The lowest BCUT2D eigenvalue weighted by atomic mass is 10.3. The van der Waals surface area contributed by atoms with Crippen LogP contribution in [0.4, 0.5) is 9.59 Å². The Kier molecular flexibility index (Phi) is 11.6. The van der Waals surface area contributed by atoms with Crippen molar-refractivity contribution >= 4 is 24.0 Å². The number of diazo groups is 1. The van der Waals surface area contributed by atoms with Gasteiger partial charge in [-0.1, -0.05) is 0 Å². The number of hydrogen-bond acceptors (Lipinski definition) is 10. The molecule has 0 aromatic rings. The molecule has 0 aliphatic heterocycles. The molecule has 14 nitrogen and oxygen atoms in total. The van der Waals surface area contributed by atoms with E-state index in [-0.39, 0.29) is 13.2 Å². The zero-order valence-electron chi connectivity index (χ0n) is 12.0. The third-order valence-electron chi connectivity index (χ3n) is 1.61. The molecule has 128 valence electrons. The predicted molar refractivity (Wildman–Crippen MR) is 69.6 cm³/mol. The first-order valence-electron chi connectivity index (χ1n) is 5.80. The molecule has 0 aromatic carbocycles. The summed E-state index contributed by atoms with van der Waals surface area (Å²) in [5.41, 5.74) is 0. The first-order chi connectivity index (χ1) is 10.7. The first kappa shape index (κ1) is 21.8. The van der Waals surface area contributed by atoms with Crippen molar-refractivity contribution in [1.82, 2.24) is 10.6 Å². The molecule has 0 atom stereocenters. The molecule has 0 unspecified atom stereocenters. The number of nitrogens with zero attached hydrogens (tertiary/aromatic N) is 3. The molecule has 2 N–H and O–H groups in total. The largest absolute Gasteiger partial charge is 0.467 e. The molecule has 0 aromatic heterocycles. The number of ether oxygens (including phenoxy) is 2. The molecule has 0 aliphatic rings. The molecule has 0 aliphatic carbocycles. The van der Waals surface area contributed by atoms with Gasteiger partial charge in [-0.25, -0.2) is 9.59 Å². The van der Waals surface area contributed by atoms with Crippen LogP contribution in [-0.2, 0) is 19.1 Å². The van der Waals surface area contributed by atoms with Gasteiger partial charge in [0.25, 0.3) is 0 Å². The fraction of sp³-hybridized carbons (Fsp3) is 0.556. The van der Waals surface area contributed by atoms with Crippen LogP contribution in [0.2, 0.25) is 0 Å². The van der Waals surface area contributed by atoms with Crippen molar-refractivity contribution in [2.24, 2.45) is 0 Å². The van der Waals surface area contributed by atoms with Gasteiger partial charge >= 0.3 is 30.0 Å². The Balaban J connectivity index is 0. The smallest absolute Gasteiger partial charge is 0.450 e. The van der Waals surface area contributed by atoms with E-state index in [0.29, 0.717) is 0 Å². The third-order valence-corrected chi connectivity index (χ3v) is 1.61. The average Bonchev–Trinajstić information content (AvgIpc) is 2.38. The lowest BCUT2D eigenvalue weighted by Crippen LogP contribution is -2.47. The number of alkyl carbamates (subject to hydrolysis) is 2. The predicted octanol–water partition coefficient (Wildman–Crippen LogP) is -0.486. The zero-order chi connectivity index (χ0) is 18.4.